The van der Waals surface area contributed by atoms with Crippen molar-refractivity contribution in [3.63, 3.8) is 0 Å². The van der Waals surface area contributed by atoms with Gasteiger partial charge in [0.15, 0.2) is 0 Å². The van der Waals surface area contributed by atoms with E-state index < -0.39 is 0 Å². The largest absolute Gasteiger partial charge is 0.494 e. The van der Waals surface area contributed by atoms with E-state index in [1.807, 2.05) is 31.2 Å². The van der Waals surface area contributed by atoms with Crippen molar-refractivity contribution in [3.05, 3.63) is 46.9 Å². The Bertz CT molecular complexity index is 517. The molecule has 2 aromatic rings. The van der Waals surface area contributed by atoms with Crippen molar-refractivity contribution in [2.75, 3.05) is 6.61 Å². The molecule has 0 saturated heterocycles. The Labute approximate surface area is 92.9 Å². The van der Waals surface area contributed by atoms with Crippen LogP contribution in [0.15, 0.2) is 41.3 Å². The Morgan fingerprint density at radius 2 is 2.00 bits per heavy atom. The molecule has 82 valence electrons. The Morgan fingerprint density at radius 1 is 1.25 bits per heavy atom. The molecule has 0 aliphatic heterocycles. The first-order chi connectivity index (χ1) is 7.79. The Hall–Kier alpha value is -2.10. The highest BCUT2D eigenvalue weighted by Gasteiger charge is 1.99. The number of nitrogens with zero attached hydrogens (tertiary/aromatic N) is 1. The molecule has 2 rings (SSSR count). The molecule has 0 bridgehead atoms. The fourth-order valence-electron chi connectivity index (χ4n) is 1.44. The van der Waals surface area contributed by atoms with Crippen molar-refractivity contribution in [3.8, 4) is 16.9 Å². The molecule has 0 spiro atoms. The lowest BCUT2D eigenvalue weighted by molar-refractivity contribution is 0.340. The molecule has 0 fully saturated rings. The lowest BCUT2D eigenvalue weighted by Crippen LogP contribution is -2.05. The zero-order valence-corrected chi connectivity index (χ0v) is 8.93. The molecule has 0 aliphatic carbocycles. The fourth-order valence-corrected chi connectivity index (χ4v) is 1.44. The van der Waals surface area contributed by atoms with E-state index in [2.05, 4.69) is 10.2 Å². The second kappa shape index (κ2) is 4.61. The Kier molecular flexibility index (Phi) is 3.00. The predicted octanol–water partition coefficient (Wildman–Crippen LogP) is 1.84. The normalized spacial score (nSPS) is 10.1. The van der Waals surface area contributed by atoms with Crippen LogP contribution in [-0.4, -0.2) is 16.8 Å². The van der Waals surface area contributed by atoms with Gasteiger partial charge in [-0.15, -0.1) is 0 Å². The fraction of sp³-hybridized carbons (Fsp3) is 0.167. The standard InChI is InChI=1S/C12H12N2O2/c1-2-16-11-5-3-9(4-6-11)10-7-12(15)14-13-8-10/h3-8H,2H2,1H3,(H,14,15). The van der Waals surface area contributed by atoms with Gasteiger partial charge in [0.05, 0.1) is 12.8 Å². The molecule has 0 amide bonds. The van der Waals surface area contributed by atoms with Crippen LogP contribution in [0, 0.1) is 0 Å². The number of ether oxygens (including phenoxy) is 1. The number of aromatic nitrogens is 2. The monoisotopic (exact) mass is 216 g/mol. The molecule has 0 atom stereocenters. The van der Waals surface area contributed by atoms with Crippen molar-refractivity contribution in [1.82, 2.24) is 10.2 Å². The van der Waals surface area contributed by atoms with Crippen LogP contribution in [0.25, 0.3) is 11.1 Å². The van der Waals surface area contributed by atoms with Crippen LogP contribution in [-0.2, 0) is 0 Å². The second-order valence-electron chi connectivity index (χ2n) is 3.29. The lowest BCUT2D eigenvalue weighted by Gasteiger charge is -2.04. The summed E-state index contributed by atoms with van der Waals surface area (Å²) in [6, 6.07) is 9.08. The van der Waals surface area contributed by atoms with E-state index >= 15 is 0 Å². The topological polar surface area (TPSA) is 55.0 Å². The molecule has 0 saturated carbocycles. The van der Waals surface area contributed by atoms with Gasteiger partial charge in [0.1, 0.15) is 5.75 Å². The van der Waals surface area contributed by atoms with Gasteiger partial charge in [0, 0.05) is 11.6 Å². The van der Waals surface area contributed by atoms with Crippen LogP contribution in [0.1, 0.15) is 6.92 Å². The quantitative estimate of drug-likeness (QED) is 0.851. The SMILES string of the molecule is CCOc1ccc(-c2cn[nH]c(=O)c2)cc1. The smallest absolute Gasteiger partial charge is 0.264 e. The maximum Gasteiger partial charge on any atom is 0.264 e. The van der Waals surface area contributed by atoms with Gasteiger partial charge < -0.3 is 4.74 Å². The molecule has 0 unspecified atom stereocenters. The summed E-state index contributed by atoms with van der Waals surface area (Å²) in [7, 11) is 0. The average molecular weight is 216 g/mol. The lowest BCUT2D eigenvalue weighted by atomic mass is 10.1. The van der Waals surface area contributed by atoms with Crippen LogP contribution in [0.2, 0.25) is 0 Å². The third kappa shape index (κ3) is 2.28. The molecule has 4 nitrogen and oxygen atoms in total. The first kappa shape index (κ1) is 10.4. The maximum atomic E-state index is 11.1. The van der Waals surface area contributed by atoms with Gasteiger partial charge in [-0.1, -0.05) is 12.1 Å². The number of benzene rings is 1. The summed E-state index contributed by atoms with van der Waals surface area (Å²) in [4.78, 5) is 11.1. The molecule has 1 N–H and O–H groups in total. The number of nitrogens with one attached hydrogen (secondary N) is 1. The third-order valence-corrected chi connectivity index (χ3v) is 2.16. The van der Waals surface area contributed by atoms with Crippen LogP contribution in [0.5, 0.6) is 5.75 Å². The summed E-state index contributed by atoms with van der Waals surface area (Å²) in [6.45, 7) is 2.58. The molecule has 1 heterocycles. The predicted molar refractivity (Wildman–Crippen MR) is 61.5 cm³/mol. The number of hydrogen-bond acceptors (Lipinski definition) is 3. The van der Waals surface area contributed by atoms with E-state index in [4.69, 9.17) is 4.74 Å². The zero-order valence-electron chi connectivity index (χ0n) is 8.93. The van der Waals surface area contributed by atoms with Crippen molar-refractivity contribution in [2.45, 2.75) is 6.92 Å². The van der Waals surface area contributed by atoms with Crippen molar-refractivity contribution >= 4 is 0 Å². The molecular formula is C12H12N2O2. The third-order valence-electron chi connectivity index (χ3n) is 2.16. The van der Waals surface area contributed by atoms with Crippen molar-refractivity contribution < 1.29 is 4.74 Å². The maximum absolute atomic E-state index is 11.1. The average Bonchev–Trinajstić information content (AvgIpc) is 2.30. The molecule has 0 radical (unpaired) electrons. The van der Waals surface area contributed by atoms with E-state index in [1.54, 1.807) is 6.20 Å². The van der Waals surface area contributed by atoms with E-state index in [0.29, 0.717) is 6.61 Å². The highest BCUT2D eigenvalue weighted by molar-refractivity contribution is 5.62. The van der Waals surface area contributed by atoms with Gasteiger partial charge in [0.2, 0.25) is 0 Å². The van der Waals surface area contributed by atoms with Crippen LogP contribution >= 0.6 is 0 Å². The molecule has 1 aromatic carbocycles. The van der Waals surface area contributed by atoms with Crippen molar-refractivity contribution in [2.24, 2.45) is 0 Å². The first-order valence-corrected chi connectivity index (χ1v) is 5.07. The van der Waals surface area contributed by atoms with Gasteiger partial charge in [-0.2, -0.15) is 5.10 Å². The van der Waals surface area contributed by atoms with Gasteiger partial charge >= 0.3 is 0 Å². The van der Waals surface area contributed by atoms with Gasteiger partial charge in [-0.25, -0.2) is 5.10 Å². The van der Waals surface area contributed by atoms with Crippen LogP contribution < -0.4 is 10.3 Å². The van der Waals surface area contributed by atoms with Gasteiger partial charge in [0.25, 0.3) is 5.56 Å². The summed E-state index contributed by atoms with van der Waals surface area (Å²) in [5, 5.41) is 6.09. The zero-order chi connectivity index (χ0) is 11.4. The van der Waals surface area contributed by atoms with E-state index in [9.17, 15) is 4.79 Å². The molecule has 1 aromatic heterocycles. The summed E-state index contributed by atoms with van der Waals surface area (Å²) >= 11 is 0. The molecule has 0 aliphatic rings. The van der Waals surface area contributed by atoms with Crippen LogP contribution in [0.3, 0.4) is 0 Å². The number of H-pyrrole nitrogens is 1. The first-order valence-electron chi connectivity index (χ1n) is 5.07. The van der Waals surface area contributed by atoms with E-state index in [1.165, 1.54) is 6.07 Å². The van der Waals surface area contributed by atoms with Gasteiger partial charge in [-0.3, -0.25) is 4.79 Å². The number of aromatic amines is 1. The minimum Gasteiger partial charge on any atom is -0.494 e. The van der Waals surface area contributed by atoms with Gasteiger partial charge in [-0.05, 0) is 24.6 Å². The van der Waals surface area contributed by atoms with E-state index in [-0.39, 0.29) is 5.56 Å². The highest BCUT2D eigenvalue weighted by atomic mass is 16.5. The summed E-state index contributed by atoms with van der Waals surface area (Å²) in [5.41, 5.74) is 1.54. The molecular weight excluding hydrogens is 204 g/mol. The van der Waals surface area contributed by atoms with Crippen molar-refractivity contribution in [1.29, 1.82) is 0 Å². The summed E-state index contributed by atoms with van der Waals surface area (Å²) < 4.78 is 5.34. The minimum absolute atomic E-state index is 0.202. The Balaban J connectivity index is 2.31. The summed E-state index contributed by atoms with van der Waals surface area (Å²) in [6.07, 6.45) is 1.62. The van der Waals surface area contributed by atoms with Crippen LogP contribution in [0.4, 0.5) is 0 Å². The number of hydrogen-bond donors (Lipinski definition) is 1. The highest BCUT2D eigenvalue weighted by Crippen LogP contribution is 2.20. The van der Waals surface area contributed by atoms with E-state index in [0.717, 1.165) is 16.9 Å². The minimum atomic E-state index is -0.202. The molecule has 4 heteroatoms. The summed E-state index contributed by atoms with van der Waals surface area (Å²) in [5.74, 6) is 0.823. The molecule has 16 heavy (non-hydrogen) atoms. The second-order valence-corrected chi connectivity index (χ2v) is 3.29. The number of rotatable bonds is 3. The Morgan fingerprint density at radius 3 is 2.62 bits per heavy atom.